The minimum absolute atomic E-state index is 1.09. The summed E-state index contributed by atoms with van der Waals surface area (Å²) in [6.45, 7) is 4.58. The quantitative estimate of drug-likeness (QED) is 0.123. The summed E-state index contributed by atoms with van der Waals surface area (Å²) in [4.78, 5) is 12.0. The van der Waals surface area contributed by atoms with Crippen LogP contribution in [0.3, 0.4) is 0 Å². The van der Waals surface area contributed by atoms with E-state index in [1.165, 1.54) is 127 Å². The van der Waals surface area contributed by atoms with Crippen molar-refractivity contribution < 1.29 is 0 Å². The Labute approximate surface area is 255 Å². The predicted molar refractivity (Wildman–Crippen MR) is 181 cm³/mol. The smallest absolute Gasteiger partial charge is 0.0452 e. The summed E-state index contributed by atoms with van der Waals surface area (Å²) >= 11 is 8.07. The second kappa shape index (κ2) is 11.7. The second-order valence-corrected chi connectivity index (χ2v) is 16.0. The normalized spacial score (nSPS) is 13.1. The van der Waals surface area contributed by atoms with Crippen LogP contribution >= 0.6 is 45.3 Å². The summed E-state index contributed by atoms with van der Waals surface area (Å²) in [7, 11) is 0. The molecule has 0 bridgehead atoms. The molecule has 7 rings (SSSR count). The summed E-state index contributed by atoms with van der Waals surface area (Å²) in [5, 5.41) is 0. The Bertz CT molecular complexity index is 1510. The molecule has 4 heteroatoms. The zero-order chi connectivity index (χ0) is 27.1. The molecule has 2 aliphatic carbocycles. The Morgan fingerprint density at radius 3 is 1.40 bits per heavy atom. The number of rotatable bonds is 12. The van der Waals surface area contributed by atoms with Gasteiger partial charge in [0.2, 0.25) is 0 Å². The highest BCUT2D eigenvalue weighted by Crippen LogP contribution is 2.52. The number of hydrogen-bond acceptors (Lipinski definition) is 4. The van der Waals surface area contributed by atoms with E-state index in [-0.39, 0.29) is 0 Å². The number of thiophene rings is 4. The van der Waals surface area contributed by atoms with E-state index in [4.69, 9.17) is 0 Å². The standard InChI is InChI=1S/C36H38S4/c1-3-5-7-9-11-27-13-15-31(37-27)33-21-25-17-23-20-30-24(19-29(23)35(25)39-33)18-26-22-34(40-36(26)30)32-16-14-28(38-32)12-10-8-6-4-2/h13-16,19-22H,3-12,17-18H2,1-2H3. The lowest BCUT2D eigenvalue weighted by atomic mass is 10.0. The van der Waals surface area contributed by atoms with Gasteiger partial charge in [0.15, 0.2) is 0 Å². The molecule has 206 valence electrons. The number of unbranched alkanes of at least 4 members (excludes halogenated alkanes) is 6. The highest BCUT2D eigenvalue weighted by Gasteiger charge is 2.29. The van der Waals surface area contributed by atoms with E-state index in [1.54, 1.807) is 9.75 Å². The summed E-state index contributed by atoms with van der Waals surface area (Å²) < 4.78 is 0. The predicted octanol–water partition coefficient (Wildman–Crippen LogP) is 12.7. The van der Waals surface area contributed by atoms with Gasteiger partial charge < -0.3 is 0 Å². The Hall–Kier alpha value is -1.98. The van der Waals surface area contributed by atoms with Gasteiger partial charge in [-0.25, -0.2) is 0 Å². The van der Waals surface area contributed by atoms with E-state index < -0.39 is 0 Å². The molecule has 1 aromatic carbocycles. The molecular weight excluding hydrogens is 561 g/mol. The minimum atomic E-state index is 1.09. The highest BCUT2D eigenvalue weighted by atomic mass is 32.1. The fourth-order valence-corrected chi connectivity index (χ4v) is 11.1. The fourth-order valence-electron chi connectivity index (χ4n) is 6.38. The molecular formula is C36H38S4. The van der Waals surface area contributed by atoms with Crippen molar-refractivity contribution in [1.82, 2.24) is 0 Å². The molecule has 0 radical (unpaired) electrons. The van der Waals surface area contributed by atoms with Crippen molar-refractivity contribution in [1.29, 1.82) is 0 Å². The molecule has 0 saturated heterocycles. The largest absolute Gasteiger partial charge is 0.139 e. The van der Waals surface area contributed by atoms with E-state index >= 15 is 0 Å². The Morgan fingerprint density at radius 1 is 0.475 bits per heavy atom. The van der Waals surface area contributed by atoms with Crippen molar-refractivity contribution in [3.05, 3.63) is 80.5 Å². The topological polar surface area (TPSA) is 0 Å². The van der Waals surface area contributed by atoms with E-state index in [2.05, 4.69) is 62.4 Å². The van der Waals surface area contributed by atoms with E-state index in [1.807, 2.05) is 45.3 Å². The lowest BCUT2D eigenvalue weighted by Gasteiger charge is -2.06. The lowest BCUT2D eigenvalue weighted by Crippen LogP contribution is -1.86. The van der Waals surface area contributed by atoms with Gasteiger partial charge in [-0.15, -0.1) is 45.3 Å². The average Bonchev–Trinajstić information content (AvgIpc) is 3.78. The van der Waals surface area contributed by atoms with Gasteiger partial charge in [0.05, 0.1) is 0 Å². The molecule has 0 nitrogen and oxygen atoms in total. The molecule has 0 aliphatic heterocycles. The van der Waals surface area contributed by atoms with Crippen LogP contribution in [0, 0.1) is 0 Å². The van der Waals surface area contributed by atoms with Crippen molar-refractivity contribution in [2.45, 2.75) is 90.9 Å². The maximum Gasteiger partial charge on any atom is 0.0452 e. The van der Waals surface area contributed by atoms with Gasteiger partial charge in [0.25, 0.3) is 0 Å². The Kier molecular flexibility index (Phi) is 7.88. The van der Waals surface area contributed by atoms with Crippen LogP contribution in [0.25, 0.3) is 40.4 Å². The van der Waals surface area contributed by atoms with Gasteiger partial charge in [-0.1, -0.05) is 52.4 Å². The van der Waals surface area contributed by atoms with Gasteiger partial charge in [0.1, 0.15) is 0 Å². The molecule has 0 spiro atoms. The molecule has 4 heterocycles. The molecule has 4 aromatic heterocycles. The van der Waals surface area contributed by atoms with Crippen LogP contribution in [0.2, 0.25) is 0 Å². The van der Waals surface area contributed by atoms with Crippen LogP contribution in [0.4, 0.5) is 0 Å². The summed E-state index contributed by atoms with van der Waals surface area (Å²) in [5.41, 5.74) is 9.14. The SMILES string of the molecule is CCCCCCc1ccc(-c2cc3c(s2)-c2cc4c(cc2C3)-c2sc(-c3ccc(CCCCCC)s3)cc2C4)s1. The fraction of sp³-hybridized carbons (Fsp3) is 0.389. The molecule has 5 aromatic rings. The van der Waals surface area contributed by atoms with Gasteiger partial charge >= 0.3 is 0 Å². The molecule has 0 atom stereocenters. The highest BCUT2D eigenvalue weighted by molar-refractivity contribution is 7.24. The molecule has 0 saturated carbocycles. The first-order chi connectivity index (χ1) is 19.7. The molecule has 0 unspecified atom stereocenters. The average molecular weight is 599 g/mol. The Morgan fingerprint density at radius 2 is 0.950 bits per heavy atom. The van der Waals surface area contributed by atoms with Gasteiger partial charge in [0, 0.05) is 39.0 Å². The molecule has 2 aliphatic rings. The summed E-state index contributed by atoms with van der Waals surface area (Å²) in [6, 6.07) is 19.5. The summed E-state index contributed by atoms with van der Waals surface area (Å²) in [6.07, 6.45) is 15.4. The second-order valence-electron chi connectivity index (χ2n) is 11.6. The van der Waals surface area contributed by atoms with Crippen molar-refractivity contribution in [3.63, 3.8) is 0 Å². The van der Waals surface area contributed by atoms with Gasteiger partial charge in [-0.3, -0.25) is 0 Å². The first-order valence-corrected chi connectivity index (χ1v) is 18.6. The monoisotopic (exact) mass is 598 g/mol. The van der Waals surface area contributed by atoms with Crippen LogP contribution in [-0.2, 0) is 25.7 Å². The van der Waals surface area contributed by atoms with Crippen molar-refractivity contribution in [3.8, 4) is 40.4 Å². The molecule has 0 fully saturated rings. The molecule has 0 amide bonds. The molecule has 40 heavy (non-hydrogen) atoms. The van der Waals surface area contributed by atoms with Crippen LogP contribution in [0.1, 0.15) is 97.2 Å². The van der Waals surface area contributed by atoms with Crippen LogP contribution in [0.15, 0.2) is 48.5 Å². The number of benzene rings is 1. The van der Waals surface area contributed by atoms with Crippen molar-refractivity contribution >= 4 is 45.3 Å². The lowest BCUT2D eigenvalue weighted by molar-refractivity contribution is 0.670. The summed E-state index contributed by atoms with van der Waals surface area (Å²) in [5.74, 6) is 0. The Balaban J connectivity index is 1.07. The minimum Gasteiger partial charge on any atom is -0.139 e. The van der Waals surface area contributed by atoms with Crippen LogP contribution < -0.4 is 0 Å². The zero-order valence-electron chi connectivity index (χ0n) is 23.7. The van der Waals surface area contributed by atoms with Crippen molar-refractivity contribution in [2.24, 2.45) is 0 Å². The van der Waals surface area contributed by atoms with Gasteiger partial charge in [-0.05, 0) is 120 Å². The first-order valence-electron chi connectivity index (χ1n) is 15.3. The van der Waals surface area contributed by atoms with Crippen molar-refractivity contribution in [2.75, 3.05) is 0 Å². The van der Waals surface area contributed by atoms with E-state index in [0.717, 1.165) is 12.8 Å². The molecule has 0 N–H and O–H groups in total. The zero-order valence-corrected chi connectivity index (χ0v) is 27.0. The number of aryl methyl sites for hydroxylation is 2. The number of fused-ring (bicyclic) bond motifs is 6. The maximum absolute atomic E-state index is 2.54. The third-order valence-electron chi connectivity index (χ3n) is 8.56. The van der Waals surface area contributed by atoms with Crippen LogP contribution in [0.5, 0.6) is 0 Å². The van der Waals surface area contributed by atoms with E-state index in [9.17, 15) is 0 Å². The third kappa shape index (κ3) is 5.22. The maximum atomic E-state index is 2.54. The first kappa shape index (κ1) is 26.9. The van der Waals surface area contributed by atoms with Gasteiger partial charge in [-0.2, -0.15) is 0 Å². The van der Waals surface area contributed by atoms with E-state index in [0.29, 0.717) is 0 Å². The third-order valence-corrected chi connectivity index (χ3v) is 13.7. The number of hydrogen-bond donors (Lipinski definition) is 0. The van der Waals surface area contributed by atoms with Crippen LogP contribution in [-0.4, -0.2) is 0 Å².